The van der Waals surface area contributed by atoms with Crippen molar-refractivity contribution in [3.05, 3.63) is 29.3 Å². The minimum Gasteiger partial charge on any atom is -0.496 e. The Labute approximate surface area is 114 Å². The Morgan fingerprint density at radius 2 is 2.11 bits per heavy atom. The van der Waals surface area contributed by atoms with E-state index in [1.807, 2.05) is 18.2 Å². The van der Waals surface area contributed by atoms with Gasteiger partial charge in [-0.1, -0.05) is 19.1 Å². The number of ether oxygens (including phenoxy) is 1. The Balaban J connectivity index is 3.23. The number of carboxylic acid groups (broad SMARTS) is 1. The molecule has 0 aliphatic rings. The highest BCUT2D eigenvalue weighted by Crippen LogP contribution is 2.35. The minimum atomic E-state index is -0.881. The number of methoxy groups -OCH3 is 1. The van der Waals surface area contributed by atoms with Crippen LogP contribution in [-0.2, 0) is 11.2 Å². The highest BCUT2D eigenvalue weighted by Gasteiger charge is 2.37. The molecular weight excluding hydrogens is 242 g/mol. The van der Waals surface area contributed by atoms with Crippen LogP contribution >= 0.6 is 0 Å². The molecule has 1 aromatic carbocycles. The first-order valence-corrected chi connectivity index (χ1v) is 6.45. The Kier molecular flexibility index (Phi) is 4.95. The number of aliphatic carboxylic acids is 1. The van der Waals surface area contributed by atoms with E-state index in [9.17, 15) is 9.90 Å². The normalized spacial score (nSPS) is 13.1. The Morgan fingerprint density at radius 1 is 1.47 bits per heavy atom. The average Bonchev–Trinajstić information content (AvgIpc) is 2.38. The Hall–Kier alpha value is -1.55. The molecule has 1 aromatic rings. The molecule has 0 bridgehead atoms. The topological polar surface area (TPSA) is 58.6 Å². The lowest BCUT2D eigenvalue weighted by Crippen LogP contribution is -2.38. The summed E-state index contributed by atoms with van der Waals surface area (Å²) in [5.41, 5.74) is 1.17. The first-order chi connectivity index (χ1) is 8.88. The number of benzene rings is 1. The fourth-order valence-electron chi connectivity index (χ4n) is 2.32. The summed E-state index contributed by atoms with van der Waals surface area (Å²) in [6.45, 7) is 5.51. The van der Waals surface area contributed by atoms with E-state index in [0.29, 0.717) is 0 Å². The Morgan fingerprint density at radius 3 is 2.53 bits per heavy atom. The number of rotatable bonds is 6. The highest BCUT2D eigenvalue weighted by atomic mass is 16.5. The van der Waals surface area contributed by atoms with E-state index in [-0.39, 0.29) is 6.04 Å². The van der Waals surface area contributed by atoms with E-state index in [2.05, 4.69) is 12.2 Å². The van der Waals surface area contributed by atoms with Crippen molar-refractivity contribution in [3.63, 3.8) is 0 Å². The molecule has 0 aliphatic carbocycles. The molecule has 0 fully saturated rings. The average molecular weight is 265 g/mol. The van der Waals surface area contributed by atoms with Crippen LogP contribution < -0.4 is 10.1 Å². The molecule has 0 heterocycles. The van der Waals surface area contributed by atoms with Crippen LogP contribution in [0.3, 0.4) is 0 Å². The van der Waals surface area contributed by atoms with Gasteiger partial charge in [-0.3, -0.25) is 4.79 Å². The van der Waals surface area contributed by atoms with Gasteiger partial charge >= 0.3 is 5.97 Å². The summed E-state index contributed by atoms with van der Waals surface area (Å²) >= 11 is 0. The molecule has 106 valence electrons. The van der Waals surface area contributed by atoms with Gasteiger partial charge in [-0.25, -0.2) is 0 Å². The summed E-state index contributed by atoms with van der Waals surface area (Å²) < 4.78 is 5.30. The molecule has 0 spiro atoms. The van der Waals surface area contributed by atoms with Crippen LogP contribution in [0.5, 0.6) is 5.75 Å². The van der Waals surface area contributed by atoms with E-state index >= 15 is 0 Å². The van der Waals surface area contributed by atoms with Crippen molar-refractivity contribution in [3.8, 4) is 5.75 Å². The van der Waals surface area contributed by atoms with Gasteiger partial charge in [-0.05, 0) is 44.5 Å². The number of carboxylic acids is 1. The number of nitrogens with one attached hydrogen (secondary N) is 1. The van der Waals surface area contributed by atoms with Gasteiger partial charge in [0.2, 0.25) is 0 Å². The van der Waals surface area contributed by atoms with E-state index in [1.165, 1.54) is 0 Å². The zero-order valence-electron chi connectivity index (χ0n) is 12.3. The van der Waals surface area contributed by atoms with Crippen LogP contribution in [0, 0.1) is 5.41 Å². The molecule has 0 aromatic heterocycles. The van der Waals surface area contributed by atoms with Crippen molar-refractivity contribution in [1.29, 1.82) is 0 Å². The third-order valence-corrected chi connectivity index (χ3v) is 3.58. The first-order valence-electron chi connectivity index (χ1n) is 6.45. The molecule has 1 unspecified atom stereocenters. The second-order valence-corrected chi connectivity index (χ2v) is 5.17. The molecule has 0 saturated carbocycles. The number of hydrogen-bond donors (Lipinski definition) is 2. The summed E-state index contributed by atoms with van der Waals surface area (Å²) in [5.74, 6) is 0.0231. The zero-order valence-corrected chi connectivity index (χ0v) is 12.3. The van der Waals surface area contributed by atoms with Crippen molar-refractivity contribution in [2.45, 2.75) is 33.2 Å². The van der Waals surface area contributed by atoms with Crippen molar-refractivity contribution >= 4 is 5.97 Å². The highest BCUT2D eigenvalue weighted by molar-refractivity contribution is 5.75. The minimum absolute atomic E-state index is 0.249. The maximum absolute atomic E-state index is 11.4. The van der Waals surface area contributed by atoms with Crippen molar-refractivity contribution < 1.29 is 14.6 Å². The standard InChI is InChI=1S/C15H23NO3/c1-6-10-9-11(7-8-12(10)19-5)13(16-4)15(2,3)14(17)18/h7-9,13,16H,6H2,1-5H3,(H,17,18). The second kappa shape index (κ2) is 6.06. The number of aryl methyl sites for hydroxylation is 1. The first kappa shape index (κ1) is 15.5. The monoisotopic (exact) mass is 265 g/mol. The molecule has 4 heteroatoms. The summed E-state index contributed by atoms with van der Waals surface area (Å²) in [6, 6.07) is 5.59. The van der Waals surface area contributed by atoms with Crippen LogP contribution in [0.25, 0.3) is 0 Å². The number of carbonyl (C=O) groups is 1. The van der Waals surface area contributed by atoms with Crippen LogP contribution in [0.15, 0.2) is 18.2 Å². The molecule has 0 radical (unpaired) electrons. The Bertz CT molecular complexity index is 455. The van der Waals surface area contributed by atoms with Gasteiger partial charge in [-0.15, -0.1) is 0 Å². The van der Waals surface area contributed by atoms with Crippen LogP contribution in [0.4, 0.5) is 0 Å². The maximum Gasteiger partial charge on any atom is 0.311 e. The van der Waals surface area contributed by atoms with Crippen LogP contribution in [0.2, 0.25) is 0 Å². The molecule has 0 aliphatic heterocycles. The van der Waals surface area contributed by atoms with Gasteiger partial charge in [0.25, 0.3) is 0 Å². The fraction of sp³-hybridized carbons (Fsp3) is 0.533. The largest absolute Gasteiger partial charge is 0.496 e. The van der Waals surface area contributed by atoms with E-state index in [4.69, 9.17) is 4.74 Å². The lowest BCUT2D eigenvalue weighted by molar-refractivity contribution is -0.148. The quantitative estimate of drug-likeness (QED) is 0.830. The summed E-state index contributed by atoms with van der Waals surface area (Å²) in [5, 5.41) is 12.5. The van der Waals surface area contributed by atoms with Gasteiger partial charge in [0.15, 0.2) is 0 Å². The van der Waals surface area contributed by atoms with Crippen LogP contribution in [0.1, 0.15) is 37.9 Å². The molecule has 19 heavy (non-hydrogen) atoms. The second-order valence-electron chi connectivity index (χ2n) is 5.17. The van der Waals surface area contributed by atoms with Crippen LogP contribution in [-0.4, -0.2) is 25.2 Å². The summed E-state index contributed by atoms with van der Waals surface area (Å²) in [7, 11) is 3.43. The number of hydrogen-bond acceptors (Lipinski definition) is 3. The SMILES string of the molecule is CCc1cc(C(NC)C(C)(C)C(=O)O)ccc1OC. The third kappa shape index (κ3) is 3.07. The van der Waals surface area contributed by atoms with E-state index in [1.54, 1.807) is 28.0 Å². The zero-order chi connectivity index (χ0) is 14.6. The predicted molar refractivity (Wildman–Crippen MR) is 75.6 cm³/mol. The lowest BCUT2D eigenvalue weighted by atomic mass is 9.80. The summed E-state index contributed by atoms with van der Waals surface area (Å²) in [6.07, 6.45) is 0.848. The van der Waals surface area contributed by atoms with Crippen molar-refractivity contribution in [2.75, 3.05) is 14.2 Å². The van der Waals surface area contributed by atoms with E-state index in [0.717, 1.165) is 23.3 Å². The van der Waals surface area contributed by atoms with Gasteiger partial charge in [0.1, 0.15) is 5.75 Å². The van der Waals surface area contributed by atoms with Crippen molar-refractivity contribution in [1.82, 2.24) is 5.32 Å². The lowest BCUT2D eigenvalue weighted by Gasteiger charge is -2.31. The van der Waals surface area contributed by atoms with Crippen molar-refractivity contribution in [2.24, 2.45) is 5.41 Å². The molecule has 0 saturated heterocycles. The fourth-order valence-corrected chi connectivity index (χ4v) is 2.32. The molecule has 0 amide bonds. The van der Waals surface area contributed by atoms with Gasteiger partial charge < -0.3 is 15.2 Å². The molecule has 2 N–H and O–H groups in total. The van der Waals surface area contributed by atoms with E-state index < -0.39 is 11.4 Å². The van der Waals surface area contributed by atoms with Gasteiger partial charge in [-0.2, -0.15) is 0 Å². The third-order valence-electron chi connectivity index (χ3n) is 3.58. The molecule has 4 nitrogen and oxygen atoms in total. The molecular formula is C15H23NO3. The molecule has 1 rings (SSSR count). The van der Waals surface area contributed by atoms with Gasteiger partial charge in [0.05, 0.1) is 12.5 Å². The molecule has 1 atom stereocenters. The summed E-state index contributed by atoms with van der Waals surface area (Å²) in [4.78, 5) is 11.4. The maximum atomic E-state index is 11.4. The smallest absolute Gasteiger partial charge is 0.311 e. The van der Waals surface area contributed by atoms with Gasteiger partial charge in [0, 0.05) is 6.04 Å². The predicted octanol–water partition coefficient (Wildman–Crippen LogP) is 2.63.